The first-order valence-corrected chi connectivity index (χ1v) is 14.9. The fourth-order valence-electron chi connectivity index (χ4n) is 6.82. The summed E-state index contributed by atoms with van der Waals surface area (Å²) in [6, 6.07) is 8.85. The Morgan fingerprint density at radius 2 is 1.65 bits per heavy atom. The lowest BCUT2D eigenvalue weighted by molar-refractivity contribution is -0.174. The maximum absolute atomic E-state index is 12.4. The van der Waals surface area contributed by atoms with Crippen LogP contribution in [0.1, 0.15) is 81.6 Å². The SMILES string of the molecule is CON(C)C(=O)[C@H]1CC[C@H](c2nnc(-c3ccc(N4CCC(OC)(C5CCCCC5)CC4)cc3)s2)CC1. The topological polar surface area (TPSA) is 67.8 Å². The van der Waals surface area contributed by atoms with Gasteiger partial charge in [-0.15, -0.1) is 10.2 Å². The van der Waals surface area contributed by atoms with Crippen molar-refractivity contribution in [1.82, 2.24) is 15.3 Å². The molecule has 37 heavy (non-hydrogen) atoms. The summed E-state index contributed by atoms with van der Waals surface area (Å²) >= 11 is 1.70. The molecule has 3 fully saturated rings. The van der Waals surface area contributed by atoms with Gasteiger partial charge in [0.05, 0.1) is 12.7 Å². The van der Waals surface area contributed by atoms with Crippen LogP contribution in [-0.4, -0.2) is 61.1 Å². The summed E-state index contributed by atoms with van der Waals surface area (Å²) in [7, 11) is 5.15. The van der Waals surface area contributed by atoms with Gasteiger partial charge in [-0.1, -0.05) is 30.6 Å². The van der Waals surface area contributed by atoms with E-state index in [4.69, 9.17) is 9.57 Å². The summed E-state index contributed by atoms with van der Waals surface area (Å²) < 4.78 is 6.20. The Balaban J connectivity index is 1.16. The van der Waals surface area contributed by atoms with E-state index in [1.807, 2.05) is 7.11 Å². The lowest BCUT2D eigenvalue weighted by Gasteiger charge is -2.47. The van der Waals surface area contributed by atoms with Gasteiger partial charge in [0.2, 0.25) is 5.91 Å². The number of hydrogen-bond acceptors (Lipinski definition) is 7. The maximum atomic E-state index is 12.4. The number of piperidine rings is 1. The average Bonchev–Trinajstić information content (AvgIpc) is 3.47. The third kappa shape index (κ3) is 5.71. The number of hydrogen-bond donors (Lipinski definition) is 0. The molecule has 202 valence electrons. The first-order valence-electron chi connectivity index (χ1n) is 14.1. The molecule has 3 aliphatic rings. The van der Waals surface area contributed by atoms with E-state index in [0.29, 0.717) is 5.92 Å². The Kier molecular flexibility index (Phi) is 8.47. The summed E-state index contributed by atoms with van der Waals surface area (Å²) in [6.45, 7) is 2.11. The second-order valence-electron chi connectivity index (χ2n) is 11.2. The van der Waals surface area contributed by atoms with E-state index in [0.717, 1.165) is 73.1 Å². The molecule has 2 aromatic rings. The van der Waals surface area contributed by atoms with E-state index in [1.165, 1.54) is 50.0 Å². The number of carbonyl (C=O) groups excluding carboxylic acids is 1. The highest BCUT2D eigenvalue weighted by molar-refractivity contribution is 7.14. The molecule has 1 amide bonds. The Bertz CT molecular complexity index is 1020. The first kappa shape index (κ1) is 26.6. The maximum Gasteiger partial charge on any atom is 0.248 e. The summed E-state index contributed by atoms with van der Waals surface area (Å²) in [4.78, 5) is 20.0. The quantitative estimate of drug-likeness (QED) is 0.408. The zero-order valence-corrected chi connectivity index (χ0v) is 23.5. The van der Waals surface area contributed by atoms with Crippen LogP contribution in [-0.2, 0) is 14.4 Å². The largest absolute Gasteiger partial charge is 0.378 e. The van der Waals surface area contributed by atoms with E-state index >= 15 is 0 Å². The average molecular weight is 527 g/mol. The molecule has 8 heteroatoms. The van der Waals surface area contributed by atoms with E-state index in [1.54, 1.807) is 18.4 Å². The standard InChI is InChI=1S/C29H42N4O3S/c1-32(36-3)28(34)23-11-9-21(10-12-23)26-30-31-27(37-26)22-13-15-25(16-14-22)33-19-17-29(35-2,18-20-33)24-7-5-4-6-8-24/h13-16,21,23-24H,4-12,17-20H2,1-3H3/t21-,23-. The van der Waals surface area contributed by atoms with Crippen LogP contribution in [0.15, 0.2) is 24.3 Å². The minimum Gasteiger partial charge on any atom is -0.378 e. The highest BCUT2D eigenvalue weighted by Crippen LogP contribution is 2.43. The molecular weight excluding hydrogens is 484 g/mol. The van der Waals surface area contributed by atoms with Gasteiger partial charge in [-0.25, -0.2) is 5.06 Å². The molecule has 0 radical (unpaired) electrons. The molecule has 1 aliphatic heterocycles. The number of rotatable bonds is 7. The Labute approximate surface area is 225 Å². The number of ether oxygens (including phenoxy) is 1. The fraction of sp³-hybridized carbons (Fsp3) is 0.690. The summed E-state index contributed by atoms with van der Waals surface area (Å²) in [5, 5.41) is 12.5. The Hall–Kier alpha value is -2.03. The zero-order chi connectivity index (χ0) is 25.8. The van der Waals surface area contributed by atoms with Crippen LogP contribution in [0.2, 0.25) is 0 Å². The smallest absolute Gasteiger partial charge is 0.248 e. The molecule has 2 heterocycles. The number of benzene rings is 1. The number of methoxy groups -OCH3 is 1. The van der Waals surface area contributed by atoms with Crippen molar-refractivity contribution in [2.75, 3.05) is 39.3 Å². The number of nitrogens with zero attached hydrogens (tertiary/aromatic N) is 4. The van der Waals surface area contributed by atoms with Gasteiger partial charge < -0.3 is 9.64 Å². The number of carbonyl (C=O) groups is 1. The van der Waals surface area contributed by atoms with E-state index < -0.39 is 0 Å². The summed E-state index contributed by atoms with van der Waals surface area (Å²) in [6.07, 6.45) is 12.7. The number of aromatic nitrogens is 2. The predicted molar refractivity (Wildman–Crippen MR) is 148 cm³/mol. The molecule has 0 spiro atoms. The summed E-state index contributed by atoms with van der Waals surface area (Å²) in [5.74, 6) is 1.24. The molecule has 0 bridgehead atoms. The third-order valence-corrected chi connectivity index (χ3v) is 10.4. The minimum atomic E-state index is 0.0487. The van der Waals surface area contributed by atoms with Crippen molar-refractivity contribution >= 4 is 22.9 Å². The number of hydroxylamine groups is 2. The monoisotopic (exact) mass is 526 g/mol. The molecule has 0 N–H and O–H groups in total. The van der Waals surface area contributed by atoms with Gasteiger partial charge in [0, 0.05) is 50.3 Å². The van der Waals surface area contributed by atoms with Crippen LogP contribution in [0.5, 0.6) is 0 Å². The van der Waals surface area contributed by atoms with Gasteiger partial charge in [0.25, 0.3) is 0 Å². The molecule has 1 saturated heterocycles. The molecule has 7 nitrogen and oxygen atoms in total. The first-order chi connectivity index (χ1) is 18.0. The minimum absolute atomic E-state index is 0.0487. The molecule has 1 aromatic carbocycles. The van der Waals surface area contributed by atoms with Crippen LogP contribution in [0.3, 0.4) is 0 Å². The van der Waals surface area contributed by atoms with Crippen LogP contribution in [0.25, 0.3) is 10.6 Å². The van der Waals surface area contributed by atoms with Crippen LogP contribution in [0.4, 0.5) is 5.69 Å². The number of amides is 1. The van der Waals surface area contributed by atoms with Crippen LogP contribution < -0.4 is 4.90 Å². The van der Waals surface area contributed by atoms with Crippen molar-refractivity contribution in [3.8, 4) is 10.6 Å². The van der Waals surface area contributed by atoms with Crippen LogP contribution >= 0.6 is 11.3 Å². The highest BCUT2D eigenvalue weighted by atomic mass is 32.1. The normalized spacial score (nSPS) is 24.7. The van der Waals surface area contributed by atoms with E-state index in [-0.39, 0.29) is 17.4 Å². The van der Waals surface area contributed by atoms with Crippen molar-refractivity contribution in [1.29, 1.82) is 0 Å². The van der Waals surface area contributed by atoms with Crippen molar-refractivity contribution < 1.29 is 14.4 Å². The van der Waals surface area contributed by atoms with Gasteiger partial charge in [0.1, 0.15) is 10.0 Å². The van der Waals surface area contributed by atoms with E-state index in [9.17, 15) is 4.79 Å². The molecule has 5 rings (SSSR count). The van der Waals surface area contributed by atoms with Gasteiger partial charge in [-0.05, 0) is 81.5 Å². The van der Waals surface area contributed by atoms with Gasteiger partial charge in [-0.2, -0.15) is 0 Å². The molecule has 0 atom stereocenters. The van der Waals surface area contributed by atoms with Gasteiger partial charge in [0.15, 0.2) is 0 Å². The van der Waals surface area contributed by atoms with E-state index in [2.05, 4.69) is 39.4 Å². The fourth-order valence-corrected chi connectivity index (χ4v) is 7.83. The van der Waals surface area contributed by atoms with Gasteiger partial charge in [-0.3, -0.25) is 9.63 Å². The molecular formula is C29H42N4O3S. The summed E-state index contributed by atoms with van der Waals surface area (Å²) in [5.41, 5.74) is 2.49. The Morgan fingerprint density at radius 1 is 0.973 bits per heavy atom. The molecule has 2 aliphatic carbocycles. The van der Waals surface area contributed by atoms with Crippen molar-refractivity contribution in [2.24, 2.45) is 11.8 Å². The third-order valence-electron chi connectivity index (χ3n) is 9.30. The highest BCUT2D eigenvalue weighted by Gasteiger charge is 2.42. The molecule has 2 saturated carbocycles. The lowest BCUT2D eigenvalue weighted by Crippen LogP contribution is -2.50. The zero-order valence-electron chi connectivity index (χ0n) is 22.7. The lowest BCUT2D eigenvalue weighted by atomic mass is 9.72. The Morgan fingerprint density at radius 3 is 2.27 bits per heavy atom. The van der Waals surface area contributed by atoms with Gasteiger partial charge >= 0.3 is 0 Å². The van der Waals surface area contributed by atoms with Crippen LogP contribution in [0, 0.1) is 11.8 Å². The van der Waals surface area contributed by atoms with Crippen molar-refractivity contribution in [3.63, 3.8) is 0 Å². The predicted octanol–water partition coefficient (Wildman–Crippen LogP) is 6.06. The second-order valence-corrected chi connectivity index (χ2v) is 12.2. The molecule has 1 aromatic heterocycles. The molecule has 0 unspecified atom stereocenters. The van der Waals surface area contributed by atoms with Crippen molar-refractivity contribution in [3.05, 3.63) is 29.3 Å². The number of anilines is 1. The second kappa shape index (κ2) is 11.8. The van der Waals surface area contributed by atoms with Crippen molar-refractivity contribution in [2.45, 2.75) is 82.1 Å².